The average Bonchev–Trinajstić information content (AvgIpc) is 3.09. The molecule has 3 aromatic rings. The number of fused-ring (bicyclic) bond motifs is 2. The van der Waals surface area contributed by atoms with Crippen molar-refractivity contribution in [2.75, 3.05) is 18.1 Å². The van der Waals surface area contributed by atoms with Crippen LogP contribution in [0.2, 0.25) is 0 Å². The summed E-state index contributed by atoms with van der Waals surface area (Å²) in [6.07, 6.45) is 0.559. The van der Waals surface area contributed by atoms with Gasteiger partial charge >= 0.3 is 5.63 Å². The maximum Gasteiger partial charge on any atom is 0.336 e. The van der Waals surface area contributed by atoms with Crippen LogP contribution in [0.4, 0.5) is 11.4 Å². The Labute approximate surface area is 159 Å². The molecule has 1 aliphatic heterocycles. The van der Waals surface area contributed by atoms with Gasteiger partial charge in [-0.15, -0.1) is 0 Å². The van der Waals surface area contributed by atoms with E-state index in [9.17, 15) is 19.7 Å². The summed E-state index contributed by atoms with van der Waals surface area (Å²) in [5.41, 5.74) is 2.20. The van der Waals surface area contributed by atoms with Gasteiger partial charge in [0.15, 0.2) is 6.61 Å². The Bertz CT molecular complexity index is 1170. The van der Waals surface area contributed by atoms with Crippen LogP contribution in [0, 0.1) is 17.0 Å². The van der Waals surface area contributed by atoms with E-state index in [1.54, 1.807) is 29.2 Å². The highest BCUT2D eigenvalue weighted by atomic mass is 16.6. The van der Waals surface area contributed by atoms with Crippen molar-refractivity contribution in [3.8, 4) is 5.75 Å². The van der Waals surface area contributed by atoms with Gasteiger partial charge in [0, 0.05) is 41.9 Å². The molecule has 0 bridgehead atoms. The minimum Gasteiger partial charge on any atom is -0.484 e. The number of benzene rings is 2. The largest absolute Gasteiger partial charge is 0.484 e. The molecule has 0 fully saturated rings. The monoisotopic (exact) mass is 380 g/mol. The Kier molecular flexibility index (Phi) is 4.31. The highest BCUT2D eigenvalue weighted by molar-refractivity contribution is 5.96. The molecule has 1 aliphatic rings. The number of anilines is 1. The number of hydrogen-bond donors (Lipinski definition) is 0. The van der Waals surface area contributed by atoms with E-state index in [1.165, 1.54) is 18.2 Å². The number of hydrogen-bond acceptors (Lipinski definition) is 6. The molecule has 142 valence electrons. The van der Waals surface area contributed by atoms with Crippen molar-refractivity contribution >= 4 is 28.3 Å². The first-order chi connectivity index (χ1) is 13.4. The second-order valence-corrected chi connectivity index (χ2v) is 6.56. The number of non-ortho nitro benzene ring substituents is 1. The summed E-state index contributed by atoms with van der Waals surface area (Å²) in [5, 5.41) is 11.7. The van der Waals surface area contributed by atoms with Gasteiger partial charge in [-0.1, -0.05) is 0 Å². The smallest absolute Gasteiger partial charge is 0.336 e. The van der Waals surface area contributed by atoms with Crippen LogP contribution in [0.5, 0.6) is 5.75 Å². The normalized spacial score (nSPS) is 12.8. The lowest BCUT2D eigenvalue weighted by Gasteiger charge is -2.17. The lowest BCUT2D eigenvalue weighted by Crippen LogP contribution is -2.33. The van der Waals surface area contributed by atoms with Crippen molar-refractivity contribution in [2.45, 2.75) is 13.3 Å². The standard InChI is InChI=1S/C20H16N2O6/c1-12-8-20(24)28-18-10-15(3-4-16(12)18)27-11-19(23)21-7-6-13-9-14(22(25)26)2-5-17(13)21/h2-5,8-10H,6-7,11H2,1H3. The topological polar surface area (TPSA) is 103 Å². The molecule has 0 spiro atoms. The summed E-state index contributed by atoms with van der Waals surface area (Å²) in [6.45, 7) is 2.07. The van der Waals surface area contributed by atoms with Crippen LogP contribution >= 0.6 is 0 Å². The number of rotatable bonds is 4. The number of nitro benzene ring substituents is 1. The number of carbonyl (C=O) groups is 1. The number of amides is 1. The fourth-order valence-electron chi connectivity index (χ4n) is 3.38. The Morgan fingerprint density at radius 2 is 2.07 bits per heavy atom. The van der Waals surface area contributed by atoms with E-state index in [0.717, 1.165) is 16.5 Å². The van der Waals surface area contributed by atoms with Crippen molar-refractivity contribution < 1.29 is 18.9 Å². The average molecular weight is 380 g/mol. The van der Waals surface area contributed by atoms with E-state index >= 15 is 0 Å². The minimum absolute atomic E-state index is 0.0113. The second-order valence-electron chi connectivity index (χ2n) is 6.56. The predicted molar refractivity (Wildman–Crippen MR) is 102 cm³/mol. The Balaban J connectivity index is 1.49. The van der Waals surface area contributed by atoms with Crippen molar-refractivity contribution in [3.05, 3.63) is 74.1 Å². The first-order valence-electron chi connectivity index (χ1n) is 8.67. The molecule has 8 nitrogen and oxygen atoms in total. The zero-order valence-electron chi connectivity index (χ0n) is 15.0. The molecule has 0 saturated heterocycles. The SMILES string of the molecule is Cc1cc(=O)oc2cc(OCC(=O)N3CCc4cc([N+](=O)[O-])ccc43)ccc12. The molecule has 1 aromatic heterocycles. The summed E-state index contributed by atoms with van der Waals surface area (Å²) in [4.78, 5) is 36.1. The third-order valence-corrected chi connectivity index (χ3v) is 4.76. The van der Waals surface area contributed by atoms with Crippen molar-refractivity contribution in [1.82, 2.24) is 0 Å². The molecule has 0 aliphatic carbocycles. The van der Waals surface area contributed by atoms with Gasteiger partial charge in [-0.2, -0.15) is 0 Å². The zero-order valence-corrected chi connectivity index (χ0v) is 15.0. The first kappa shape index (κ1) is 17.7. The lowest BCUT2D eigenvalue weighted by molar-refractivity contribution is -0.384. The molecule has 0 atom stereocenters. The summed E-state index contributed by atoms with van der Waals surface area (Å²) in [7, 11) is 0. The third-order valence-electron chi connectivity index (χ3n) is 4.76. The maximum atomic E-state index is 12.6. The van der Waals surface area contributed by atoms with E-state index in [-0.39, 0.29) is 18.2 Å². The zero-order chi connectivity index (χ0) is 19.8. The van der Waals surface area contributed by atoms with Gasteiger partial charge in [0.2, 0.25) is 0 Å². The summed E-state index contributed by atoms with van der Waals surface area (Å²) >= 11 is 0. The van der Waals surface area contributed by atoms with Crippen LogP contribution in [-0.2, 0) is 11.2 Å². The molecular weight excluding hydrogens is 364 g/mol. The number of carbonyl (C=O) groups excluding carboxylic acids is 1. The van der Waals surface area contributed by atoms with Crippen LogP contribution < -0.4 is 15.3 Å². The van der Waals surface area contributed by atoms with Crippen LogP contribution in [0.25, 0.3) is 11.0 Å². The molecule has 0 unspecified atom stereocenters. The van der Waals surface area contributed by atoms with Gasteiger partial charge in [0.25, 0.3) is 11.6 Å². The number of nitro groups is 1. The summed E-state index contributed by atoms with van der Waals surface area (Å²) in [6, 6.07) is 11.0. The van der Waals surface area contributed by atoms with E-state index in [1.807, 2.05) is 6.92 Å². The van der Waals surface area contributed by atoms with Gasteiger partial charge in [-0.3, -0.25) is 14.9 Å². The molecule has 2 heterocycles. The van der Waals surface area contributed by atoms with Crippen LogP contribution in [-0.4, -0.2) is 24.0 Å². The summed E-state index contributed by atoms with van der Waals surface area (Å²) in [5.74, 6) is 0.163. The number of ether oxygens (including phenoxy) is 1. The lowest BCUT2D eigenvalue weighted by atomic mass is 10.1. The molecule has 0 saturated carbocycles. The van der Waals surface area contributed by atoms with E-state index in [0.29, 0.717) is 30.0 Å². The molecule has 28 heavy (non-hydrogen) atoms. The molecular formula is C20H16N2O6. The number of nitrogens with zero attached hydrogens (tertiary/aromatic N) is 2. The van der Waals surface area contributed by atoms with E-state index in [2.05, 4.69) is 0 Å². The first-order valence-corrected chi connectivity index (χ1v) is 8.67. The Hall–Kier alpha value is -3.68. The predicted octanol–water partition coefficient (Wildman–Crippen LogP) is 2.98. The van der Waals surface area contributed by atoms with E-state index < -0.39 is 10.5 Å². The van der Waals surface area contributed by atoms with Crippen LogP contribution in [0.1, 0.15) is 11.1 Å². The molecule has 0 N–H and O–H groups in total. The molecule has 1 amide bonds. The van der Waals surface area contributed by atoms with Crippen LogP contribution in [0.3, 0.4) is 0 Å². The van der Waals surface area contributed by atoms with Gasteiger partial charge in [0.1, 0.15) is 11.3 Å². The fraction of sp³-hybridized carbons (Fsp3) is 0.200. The highest BCUT2D eigenvalue weighted by Crippen LogP contribution is 2.31. The molecule has 8 heteroatoms. The van der Waals surface area contributed by atoms with Crippen molar-refractivity contribution in [2.24, 2.45) is 0 Å². The molecule has 0 radical (unpaired) electrons. The maximum absolute atomic E-state index is 12.6. The number of aryl methyl sites for hydroxylation is 1. The van der Waals surface area contributed by atoms with Gasteiger partial charge in [0.05, 0.1) is 4.92 Å². The van der Waals surface area contributed by atoms with Gasteiger partial charge in [-0.25, -0.2) is 4.79 Å². The van der Waals surface area contributed by atoms with Gasteiger partial charge < -0.3 is 14.1 Å². The quantitative estimate of drug-likeness (QED) is 0.392. The second kappa shape index (κ2) is 6.80. The summed E-state index contributed by atoms with van der Waals surface area (Å²) < 4.78 is 10.8. The molecule has 2 aromatic carbocycles. The third kappa shape index (κ3) is 3.20. The van der Waals surface area contributed by atoms with Crippen molar-refractivity contribution in [1.29, 1.82) is 0 Å². The highest BCUT2D eigenvalue weighted by Gasteiger charge is 2.26. The van der Waals surface area contributed by atoms with Gasteiger partial charge in [-0.05, 0) is 42.7 Å². The Morgan fingerprint density at radius 3 is 2.86 bits per heavy atom. The fourth-order valence-corrected chi connectivity index (χ4v) is 3.38. The van der Waals surface area contributed by atoms with Crippen LogP contribution in [0.15, 0.2) is 51.7 Å². The minimum atomic E-state index is -0.451. The molecule has 4 rings (SSSR count). The van der Waals surface area contributed by atoms with Crippen molar-refractivity contribution in [3.63, 3.8) is 0 Å². The van der Waals surface area contributed by atoms with E-state index in [4.69, 9.17) is 9.15 Å². The Morgan fingerprint density at radius 1 is 1.25 bits per heavy atom.